The van der Waals surface area contributed by atoms with Crippen LogP contribution in [0.25, 0.3) is 0 Å². The summed E-state index contributed by atoms with van der Waals surface area (Å²) >= 11 is 11.3. The fourth-order valence-corrected chi connectivity index (χ4v) is 1.73. The molecule has 0 unspecified atom stereocenters. The first-order chi connectivity index (χ1) is 3.06. The third kappa shape index (κ3) is 6.76. The van der Waals surface area contributed by atoms with Crippen LogP contribution in [0.3, 0.4) is 0 Å². The van der Waals surface area contributed by atoms with Crippen LogP contribution >= 0.6 is 22.2 Å². The standard InChI is InChI=1S/C3H9Cl2NSi/c1-3-6-7(2,4)5/h6H,3H2,1-2H3. The summed E-state index contributed by atoms with van der Waals surface area (Å²) in [5.74, 6) is 0. The first-order valence-electron chi connectivity index (χ1n) is 2.19. The van der Waals surface area contributed by atoms with E-state index >= 15 is 0 Å². The van der Waals surface area contributed by atoms with Crippen LogP contribution in [0.2, 0.25) is 6.55 Å². The Labute approximate surface area is 54.5 Å². The van der Waals surface area contributed by atoms with Gasteiger partial charge in [0.15, 0.2) is 0 Å². The van der Waals surface area contributed by atoms with Crippen molar-refractivity contribution in [3.05, 3.63) is 0 Å². The smallest absolute Gasteiger partial charge is 0.314 e. The van der Waals surface area contributed by atoms with Gasteiger partial charge in [0, 0.05) is 0 Å². The minimum atomic E-state index is -1.96. The van der Waals surface area contributed by atoms with Crippen LogP contribution in [-0.2, 0) is 0 Å². The van der Waals surface area contributed by atoms with Crippen molar-refractivity contribution in [1.82, 2.24) is 4.98 Å². The molecule has 0 aromatic rings. The van der Waals surface area contributed by atoms with Crippen LogP contribution in [0.15, 0.2) is 0 Å². The Morgan fingerprint density at radius 1 is 1.57 bits per heavy atom. The monoisotopic (exact) mass is 157 g/mol. The van der Waals surface area contributed by atoms with Gasteiger partial charge in [0.1, 0.15) is 0 Å². The summed E-state index contributed by atoms with van der Waals surface area (Å²) in [6, 6.07) is 0. The quantitative estimate of drug-likeness (QED) is 0.475. The molecule has 1 N–H and O–H groups in total. The fourth-order valence-electron chi connectivity index (χ4n) is 0.310. The lowest BCUT2D eigenvalue weighted by molar-refractivity contribution is 0.995. The van der Waals surface area contributed by atoms with E-state index in [1.54, 1.807) is 0 Å². The molecule has 0 aromatic carbocycles. The zero-order valence-electron chi connectivity index (χ0n) is 4.46. The van der Waals surface area contributed by atoms with Gasteiger partial charge in [0.05, 0.1) is 0 Å². The van der Waals surface area contributed by atoms with E-state index in [4.69, 9.17) is 22.2 Å². The van der Waals surface area contributed by atoms with Crippen LogP contribution < -0.4 is 4.98 Å². The average molecular weight is 158 g/mol. The van der Waals surface area contributed by atoms with E-state index < -0.39 is 6.86 Å². The molecule has 0 rings (SSSR count). The minimum absolute atomic E-state index is 0.857. The molecule has 0 atom stereocenters. The van der Waals surface area contributed by atoms with Crippen LogP contribution in [0.4, 0.5) is 0 Å². The van der Waals surface area contributed by atoms with Gasteiger partial charge in [-0.2, -0.15) is 0 Å². The maximum atomic E-state index is 5.63. The molecule has 1 nitrogen and oxygen atoms in total. The second-order valence-electron chi connectivity index (χ2n) is 1.42. The Morgan fingerprint density at radius 2 is 2.00 bits per heavy atom. The maximum absolute atomic E-state index is 5.63. The molecule has 0 aromatic heterocycles. The first-order valence-corrected chi connectivity index (χ1v) is 6.71. The molecule has 44 valence electrons. The van der Waals surface area contributed by atoms with E-state index in [2.05, 4.69) is 4.98 Å². The highest BCUT2D eigenvalue weighted by Crippen LogP contribution is 2.07. The summed E-state index contributed by atoms with van der Waals surface area (Å²) in [6.45, 7) is 2.71. The SMILES string of the molecule is CCN[Si](C)(Cl)Cl. The summed E-state index contributed by atoms with van der Waals surface area (Å²) in [5, 5.41) is 0. The lowest BCUT2D eigenvalue weighted by atomic mass is 10.8. The van der Waals surface area contributed by atoms with Gasteiger partial charge in [-0.25, -0.2) is 0 Å². The van der Waals surface area contributed by atoms with Crippen molar-refractivity contribution in [2.24, 2.45) is 0 Å². The lowest BCUT2D eigenvalue weighted by Crippen LogP contribution is -2.35. The van der Waals surface area contributed by atoms with Gasteiger partial charge in [-0.05, 0) is 13.1 Å². The maximum Gasteiger partial charge on any atom is 0.319 e. The van der Waals surface area contributed by atoms with Gasteiger partial charge in [0.25, 0.3) is 0 Å². The summed E-state index contributed by atoms with van der Waals surface area (Å²) in [6.07, 6.45) is 0. The van der Waals surface area contributed by atoms with Crippen molar-refractivity contribution in [2.45, 2.75) is 13.5 Å². The van der Waals surface area contributed by atoms with Gasteiger partial charge in [0.2, 0.25) is 0 Å². The van der Waals surface area contributed by atoms with Crippen molar-refractivity contribution in [2.75, 3.05) is 6.54 Å². The summed E-state index contributed by atoms with van der Waals surface area (Å²) in [4.78, 5) is 2.95. The van der Waals surface area contributed by atoms with E-state index in [0.717, 1.165) is 6.54 Å². The summed E-state index contributed by atoms with van der Waals surface area (Å²) in [7, 11) is 0. The molecular weight excluding hydrogens is 149 g/mol. The second-order valence-corrected chi connectivity index (χ2v) is 8.66. The number of nitrogens with one attached hydrogen (secondary N) is 1. The van der Waals surface area contributed by atoms with E-state index in [-0.39, 0.29) is 0 Å². The van der Waals surface area contributed by atoms with Gasteiger partial charge >= 0.3 is 6.86 Å². The molecular formula is C3H9Cl2NSi. The highest BCUT2D eigenvalue weighted by atomic mass is 35.7. The highest BCUT2D eigenvalue weighted by molar-refractivity contribution is 7.43. The molecule has 0 aliphatic heterocycles. The molecule has 0 heterocycles. The number of rotatable bonds is 2. The van der Waals surface area contributed by atoms with Crippen molar-refractivity contribution in [3.63, 3.8) is 0 Å². The zero-order valence-corrected chi connectivity index (χ0v) is 6.97. The molecule has 0 aliphatic rings. The Morgan fingerprint density at radius 3 is 2.00 bits per heavy atom. The molecule has 0 radical (unpaired) electrons. The van der Waals surface area contributed by atoms with Crippen molar-refractivity contribution in [3.8, 4) is 0 Å². The molecule has 4 heteroatoms. The van der Waals surface area contributed by atoms with Crippen LogP contribution in [0.5, 0.6) is 0 Å². The summed E-state index contributed by atoms with van der Waals surface area (Å²) in [5.41, 5.74) is 0. The normalized spacial score (nSPS) is 12.0. The van der Waals surface area contributed by atoms with Gasteiger partial charge < -0.3 is 4.98 Å². The zero-order chi connectivity index (χ0) is 5.91. The molecule has 0 fully saturated rings. The largest absolute Gasteiger partial charge is 0.319 e. The van der Waals surface area contributed by atoms with Gasteiger partial charge in [-0.15, -0.1) is 22.2 Å². The van der Waals surface area contributed by atoms with Gasteiger partial charge in [-0.3, -0.25) is 0 Å². The van der Waals surface area contributed by atoms with Crippen molar-refractivity contribution < 1.29 is 0 Å². The molecule has 0 aliphatic carbocycles. The Hall–Kier alpha value is 0.757. The summed E-state index contributed by atoms with van der Waals surface area (Å²) < 4.78 is 0. The second kappa shape index (κ2) is 2.92. The molecule has 0 amide bonds. The fraction of sp³-hybridized carbons (Fsp3) is 1.00. The van der Waals surface area contributed by atoms with E-state index in [9.17, 15) is 0 Å². The van der Waals surface area contributed by atoms with E-state index in [0.29, 0.717) is 0 Å². The predicted molar refractivity (Wildman–Crippen MR) is 37.0 cm³/mol. The molecule has 0 saturated heterocycles. The molecule has 0 bridgehead atoms. The predicted octanol–water partition coefficient (Wildman–Crippen LogP) is 1.64. The topological polar surface area (TPSA) is 12.0 Å². The Balaban J connectivity index is 3.15. The van der Waals surface area contributed by atoms with E-state index in [1.807, 2.05) is 13.5 Å². The lowest BCUT2D eigenvalue weighted by Gasteiger charge is -2.08. The highest BCUT2D eigenvalue weighted by Gasteiger charge is 2.17. The third-order valence-electron chi connectivity index (χ3n) is 0.487. The third-order valence-corrected chi connectivity index (χ3v) is 2.26. The van der Waals surface area contributed by atoms with Crippen molar-refractivity contribution in [1.29, 1.82) is 0 Å². The Kier molecular flexibility index (Phi) is 3.24. The van der Waals surface area contributed by atoms with Gasteiger partial charge in [-0.1, -0.05) is 6.92 Å². The Bertz CT molecular complexity index is 51.4. The average Bonchev–Trinajstić information content (AvgIpc) is 1.30. The first kappa shape index (κ1) is 7.76. The van der Waals surface area contributed by atoms with E-state index in [1.165, 1.54) is 0 Å². The number of halogens is 2. The molecule has 0 spiro atoms. The van der Waals surface area contributed by atoms with Crippen LogP contribution in [0, 0.1) is 0 Å². The number of hydrogen-bond acceptors (Lipinski definition) is 1. The molecule has 7 heavy (non-hydrogen) atoms. The number of hydrogen-bond donors (Lipinski definition) is 1. The van der Waals surface area contributed by atoms with Crippen LogP contribution in [0.1, 0.15) is 6.92 Å². The van der Waals surface area contributed by atoms with Crippen LogP contribution in [-0.4, -0.2) is 13.4 Å². The minimum Gasteiger partial charge on any atom is -0.314 e. The van der Waals surface area contributed by atoms with Crippen molar-refractivity contribution >= 4 is 29.0 Å². The molecule has 0 saturated carbocycles.